The minimum atomic E-state index is 0.129. The molecule has 1 fully saturated rings. The van der Waals surface area contributed by atoms with E-state index in [1.165, 1.54) is 0 Å². The van der Waals surface area contributed by atoms with E-state index < -0.39 is 0 Å². The molecule has 0 spiro atoms. The number of carbonyl (C=O) groups excluding carboxylic acids is 1. The maximum Gasteiger partial charge on any atom is 0.228 e. The van der Waals surface area contributed by atoms with E-state index in [0.29, 0.717) is 32.7 Å². The molecular weight excluding hydrogens is 352 g/mol. The first kappa shape index (κ1) is 14.7. The molecular formula is C15H15BrN2O2S. The van der Waals surface area contributed by atoms with E-state index in [-0.39, 0.29) is 5.91 Å². The molecule has 0 aliphatic carbocycles. The number of carbonyl (C=O) groups is 1. The third kappa shape index (κ3) is 3.70. The molecule has 0 bridgehead atoms. The first-order valence-electron chi connectivity index (χ1n) is 6.78. The quantitative estimate of drug-likeness (QED) is 0.838. The predicted molar refractivity (Wildman–Crippen MR) is 86.4 cm³/mol. The topological polar surface area (TPSA) is 42.4 Å². The van der Waals surface area contributed by atoms with Crippen LogP contribution >= 0.6 is 27.3 Å². The number of rotatable bonds is 3. The maximum atomic E-state index is 12.2. The van der Waals surface area contributed by atoms with Gasteiger partial charge in [-0.05, 0) is 12.1 Å². The summed E-state index contributed by atoms with van der Waals surface area (Å²) in [5.41, 5.74) is 1.91. The second-order valence-corrected chi connectivity index (χ2v) is 6.60. The molecule has 6 heteroatoms. The lowest BCUT2D eigenvalue weighted by molar-refractivity contribution is -0.134. The Morgan fingerprint density at radius 3 is 2.95 bits per heavy atom. The van der Waals surface area contributed by atoms with Crippen molar-refractivity contribution in [2.45, 2.75) is 6.42 Å². The average Bonchev–Trinajstić information content (AvgIpc) is 2.97. The summed E-state index contributed by atoms with van der Waals surface area (Å²) < 4.78 is 6.29. The van der Waals surface area contributed by atoms with Crippen LogP contribution in [0.3, 0.4) is 0 Å². The average molecular weight is 367 g/mol. The number of morpholine rings is 1. The molecule has 0 radical (unpaired) electrons. The van der Waals surface area contributed by atoms with Crippen LogP contribution in [0.25, 0.3) is 10.6 Å². The zero-order valence-corrected chi connectivity index (χ0v) is 13.8. The molecule has 0 unspecified atom stereocenters. The Kier molecular flexibility index (Phi) is 4.67. The van der Waals surface area contributed by atoms with Crippen molar-refractivity contribution in [1.29, 1.82) is 0 Å². The summed E-state index contributed by atoms with van der Waals surface area (Å²) in [5.74, 6) is 0.129. The molecule has 3 rings (SSSR count). The molecule has 1 aromatic heterocycles. The Hall–Kier alpha value is -1.24. The lowest BCUT2D eigenvalue weighted by Crippen LogP contribution is -2.41. The smallest absolute Gasteiger partial charge is 0.228 e. The highest BCUT2D eigenvalue weighted by Gasteiger charge is 2.18. The van der Waals surface area contributed by atoms with E-state index >= 15 is 0 Å². The van der Waals surface area contributed by atoms with Crippen LogP contribution in [-0.2, 0) is 16.0 Å². The van der Waals surface area contributed by atoms with Crippen molar-refractivity contribution in [1.82, 2.24) is 9.88 Å². The van der Waals surface area contributed by atoms with Crippen molar-refractivity contribution < 1.29 is 9.53 Å². The Morgan fingerprint density at radius 2 is 2.19 bits per heavy atom. The van der Waals surface area contributed by atoms with Crippen LogP contribution in [0.2, 0.25) is 0 Å². The number of hydrogen-bond acceptors (Lipinski definition) is 4. The number of thiazole rings is 1. The van der Waals surface area contributed by atoms with Crippen molar-refractivity contribution in [3.05, 3.63) is 39.8 Å². The zero-order valence-electron chi connectivity index (χ0n) is 11.4. The van der Waals surface area contributed by atoms with Gasteiger partial charge in [0.05, 0.1) is 25.3 Å². The molecule has 1 aromatic carbocycles. The van der Waals surface area contributed by atoms with Crippen molar-refractivity contribution in [2.24, 2.45) is 0 Å². The number of halogens is 1. The Labute approximate surface area is 135 Å². The second-order valence-electron chi connectivity index (χ2n) is 4.82. The van der Waals surface area contributed by atoms with Crippen LogP contribution in [0.4, 0.5) is 0 Å². The summed E-state index contributed by atoms with van der Waals surface area (Å²) >= 11 is 5.04. The van der Waals surface area contributed by atoms with Gasteiger partial charge in [-0.15, -0.1) is 11.3 Å². The highest BCUT2D eigenvalue weighted by atomic mass is 79.9. The molecule has 0 atom stereocenters. The zero-order chi connectivity index (χ0) is 14.7. The van der Waals surface area contributed by atoms with Gasteiger partial charge in [-0.1, -0.05) is 28.1 Å². The fourth-order valence-corrected chi connectivity index (χ4v) is 3.44. The number of aromatic nitrogens is 1. The Balaban J connectivity index is 1.69. The van der Waals surface area contributed by atoms with Crippen LogP contribution in [0.15, 0.2) is 34.1 Å². The summed E-state index contributed by atoms with van der Waals surface area (Å²) in [6.07, 6.45) is 0.366. The van der Waals surface area contributed by atoms with E-state index in [1.807, 2.05) is 34.5 Å². The lowest BCUT2D eigenvalue weighted by Gasteiger charge is -2.26. The van der Waals surface area contributed by atoms with E-state index in [9.17, 15) is 4.79 Å². The third-order valence-corrected chi connectivity index (χ3v) is 4.75. The predicted octanol–water partition coefficient (Wildman–Crippen LogP) is 2.97. The van der Waals surface area contributed by atoms with Crippen LogP contribution in [0.1, 0.15) is 5.69 Å². The molecule has 1 saturated heterocycles. The van der Waals surface area contributed by atoms with Gasteiger partial charge >= 0.3 is 0 Å². The molecule has 110 valence electrons. The summed E-state index contributed by atoms with van der Waals surface area (Å²) in [6.45, 7) is 2.63. The second kappa shape index (κ2) is 6.68. The number of benzene rings is 1. The van der Waals surface area contributed by atoms with E-state index in [0.717, 1.165) is 20.7 Å². The molecule has 2 aromatic rings. The van der Waals surface area contributed by atoms with Gasteiger partial charge in [0.1, 0.15) is 5.01 Å². The molecule has 1 amide bonds. The molecule has 21 heavy (non-hydrogen) atoms. The summed E-state index contributed by atoms with van der Waals surface area (Å²) in [7, 11) is 0. The first-order chi connectivity index (χ1) is 10.2. The van der Waals surface area contributed by atoms with Crippen molar-refractivity contribution in [3.8, 4) is 10.6 Å². The Bertz CT molecular complexity index is 638. The van der Waals surface area contributed by atoms with Gasteiger partial charge in [0.15, 0.2) is 0 Å². The van der Waals surface area contributed by atoms with Crippen LogP contribution in [-0.4, -0.2) is 42.1 Å². The molecule has 0 saturated carbocycles. The SMILES string of the molecule is O=C(Cc1csc(-c2cccc(Br)c2)n1)N1CCOCC1. The van der Waals surface area contributed by atoms with Crippen molar-refractivity contribution in [3.63, 3.8) is 0 Å². The van der Waals surface area contributed by atoms with Crippen LogP contribution in [0, 0.1) is 0 Å². The number of amides is 1. The number of nitrogens with zero attached hydrogens (tertiary/aromatic N) is 2. The summed E-state index contributed by atoms with van der Waals surface area (Å²) in [4.78, 5) is 18.6. The Morgan fingerprint density at radius 1 is 1.38 bits per heavy atom. The molecule has 1 aliphatic rings. The fraction of sp³-hybridized carbons (Fsp3) is 0.333. The largest absolute Gasteiger partial charge is 0.378 e. The minimum Gasteiger partial charge on any atom is -0.378 e. The highest BCUT2D eigenvalue weighted by Crippen LogP contribution is 2.26. The van der Waals surface area contributed by atoms with Gasteiger partial charge in [-0.3, -0.25) is 4.79 Å². The lowest BCUT2D eigenvalue weighted by atomic mass is 10.2. The highest BCUT2D eigenvalue weighted by molar-refractivity contribution is 9.10. The van der Waals surface area contributed by atoms with Gasteiger partial charge in [-0.25, -0.2) is 4.98 Å². The van der Waals surface area contributed by atoms with Gasteiger partial charge in [0.2, 0.25) is 5.91 Å². The van der Waals surface area contributed by atoms with Crippen LogP contribution in [0.5, 0.6) is 0 Å². The fourth-order valence-electron chi connectivity index (χ4n) is 2.22. The third-order valence-electron chi connectivity index (χ3n) is 3.32. The van der Waals surface area contributed by atoms with E-state index in [2.05, 4.69) is 20.9 Å². The first-order valence-corrected chi connectivity index (χ1v) is 8.45. The molecule has 1 aliphatic heterocycles. The molecule has 0 N–H and O–H groups in total. The molecule has 2 heterocycles. The van der Waals surface area contributed by atoms with Crippen molar-refractivity contribution >= 4 is 33.2 Å². The van der Waals surface area contributed by atoms with Gasteiger partial charge in [0.25, 0.3) is 0 Å². The summed E-state index contributed by atoms with van der Waals surface area (Å²) in [6, 6.07) is 8.03. The van der Waals surface area contributed by atoms with E-state index in [4.69, 9.17) is 4.74 Å². The van der Waals surface area contributed by atoms with E-state index in [1.54, 1.807) is 11.3 Å². The van der Waals surface area contributed by atoms with Crippen LogP contribution < -0.4 is 0 Å². The monoisotopic (exact) mass is 366 g/mol. The molecule has 4 nitrogen and oxygen atoms in total. The van der Waals surface area contributed by atoms with Gasteiger partial charge < -0.3 is 9.64 Å². The van der Waals surface area contributed by atoms with Crippen molar-refractivity contribution in [2.75, 3.05) is 26.3 Å². The van der Waals surface area contributed by atoms with Gasteiger partial charge in [-0.2, -0.15) is 0 Å². The summed E-state index contributed by atoms with van der Waals surface area (Å²) in [5, 5.41) is 2.91. The standard InChI is InChI=1S/C15H15BrN2O2S/c16-12-3-1-2-11(8-12)15-17-13(10-21-15)9-14(19)18-4-6-20-7-5-18/h1-3,8,10H,4-7,9H2. The minimum absolute atomic E-state index is 0.129. The normalized spacial score (nSPS) is 15.2. The number of ether oxygens (including phenoxy) is 1. The number of hydrogen-bond donors (Lipinski definition) is 0. The van der Waals surface area contributed by atoms with Gasteiger partial charge in [0, 0.05) is 28.5 Å². The maximum absolute atomic E-state index is 12.2.